The Bertz CT molecular complexity index is 363. The molecule has 0 saturated carbocycles. The van der Waals surface area contributed by atoms with E-state index in [-0.39, 0.29) is 0 Å². The average molecular weight is 283 g/mol. The normalized spacial score (nSPS) is 18.6. The van der Waals surface area contributed by atoms with Crippen molar-refractivity contribution in [3.05, 3.63) is 10.6 Å². The van der Waals surface area contributed by atoms with Gasteiger partial charge in [-0.3, -0.25) is 0 Å². The molecule has 0 aliphatic carbocycles. The zero-order valence-electron chi connectivity index (χ0n) is 12.0. The molecule has 0 radical (unpaired) electrons. The van der Waals surface area contributed by atoms with E-state index >= 15 is 0 Å². The Morgan fingerprint density at radius 3 is 2.84 bits per heavy atom. The predicted molar refractivity (Wildman–Crippen MR) is 78.5 cm³/mol. The molecular weight excluding hydrogens is 258 g/mol. The van der Waals surface area contributed by atoms with E-state index in [0.29, 0.717) is 6.04 Å². The first kappa shape index (κ1) is 14.9. The van der Waals surface area contributed by atoms with Crippen molar-refractivity contribution in [2.75, 3.05) is 19.8 Å². The second-order valence-electron chi connectivity index (χ2n) is 5.24. The number of hydrogen-bond donors (Lipinski definition) is 1. The minimum atomic E-state index is 0.429. The Hall–Kier alpha value is -0.520. The molecule has 1 aliphatic rings. The highest BCUT2D eigenvalue weighted by molar-refractivity contribution is 7.05. The van der Waals surface area contributed by atoms with Crippen LogP contribution in [0.15, 0.2) is 0 Å². The average Bonchev–Trinajstić information content (AvgIpc) is 2.93. The third-order valence-corrected chi connectivity index (χ3v) is 4.67. The Labute approximate surface area is 120 Å². The van der Waals surface area contributed by atoms with Gasteiger partial charge in [0, 0.05) is 19.3 Å². The maximum Gasteiger partial charge on any atom is 0.0800 e. The van der Waals surface area contributed by atoms with Gasteiger partial charge in [-0.2, -0.15) is 0 Å². The van der Waals surface area contributed by atoms with Crippen LogP contribution >= 0.6 is 11.5 Å². The molecule has 2 rings (SSSR count). The number of nitrogens with one attached hydrogen (secondary N) is 1. The van der Waals surface area contributed by atoms with Gasteiger partial charge in [-0.1, -0.05) is 18.3 Å². The van der Waals surface area contributed by atoms with Crippen molar-refractivity contribution in [2.45, 2.75) is 52.0 Å². The van der Waals surface area contributed by atoms with Crippen molar-refractivity contribution in [1.82, 2.24) is 14.9 Å². The molecule has 1 unspecified atom stereocenters. The molecule has 1 saturated heterocycles. The van der Waals surface area contributed by atoms with E-state index < -0.39 is 0 Å². The first-order valence-electron chi connectivity index (χ1n) is 7.47. The molecule has 0 amide bonds. The summed E-state index contributed by atoms with van der Waals surface area (Å²) >= 11 is 1.57. The molecule has 108 valence electrons. The van der Waals surface area contributed by atoms with Gasteiger partial charge >= 0.3 is 0 Å². The summed E-state index contributed by atoms with van der Waals surface area (Å²) in [6, 6.07) is 0.429. The molecule has 1 atom stereocenters. The lowest BCUT2D eigenvalue weighted by Crippen LogP contribution is -2.27. The predicted octanol–water partition coefficient (Wildman–Crippen LogP) is 2.96. The maximum absolute atomic E-state index is 5.46. The summed E-state index contributed by atoms with van der Waals surface area (Å²) in [4.78, 5) is 1.35. The Morgan fingerprint density at radius 2 is 2.16 bits per heavy atom. The van der Waals surface area contributed by atoms with Crippen molar-refractivity contribution in [3.63, 3.8) is 0 Å². The molecular formula is C14H25N3OS. The van der Waals surface area contributed by atoms with Crippen LogP contribution in [-0.2, 0) is 11.2 Å². The summed E-state index contributed by atoms with van der Waals surface area (Å²) in [5.74, 6) is 0.773. The number of aryl methyl sites for hydroxylation is 1. The van der Waals surface area contributed by atoms with E-state index in [9.17, 15) is 0 Å². The van der Waals surface area contributed by atoms with Gasteiger partial charge in [-0.15, -0.1) is 5.10 Å². The minimum Gasteiger partial charge on any atom is -0.381 e. The quantitative estimate of drug-likeness (QED) is 0.836. The second kappa shape index (κ2) is 7.92. The van der Waals surface area contributed by atoms with Gasteiger partial charge in [0.1, 0.15) is 0 Å². The van der Waals surface area contributed by atoms with Gasteiger partial charge in [0.15, 0.2) is 0 Å². The van der Waals surface area contributed by atoms with E-state index in [1.54, 1.807) is 11.5 Å². The van der Waals surface area contributed by atoms with E-state index in [2.05, 4.69) is 28.8 Å². The molecule has 1 N–H and O–H groups in total. The second-order valence-corrected chi connectivity index (χ2v) is 6.02. The number of aromatic nitrogens is 2. The van der Waals surface area contributed by atoms with Gasteiger partial charge in [0.25, 0.3) is 0 Å². The SMILES string of the molecule is CCCNC(CC1CCOCC1)c1snnc1CC. The van der Waals surface area contributed by atoms with Gasteiger partial charge in [-0.25, -0.2) is 0 Å². The zero-order chi connectivity index (χ0) is 13.5. The van der Waals surface area contributed by atoms with Crippen molar-refractivity contribution in [1.29, 1.82) is 0 Å². The van der Waals surface area contributed by atoms with Gasteiger partial charge in [-0.05, 0) is 56.1 Å². The minimum absolute atomic E-state index is 0.429. The smallest absolute Gasteiger partial charge is 0.0800 e. The van der Waals surface area contributed by atoms with Crippen LogP contribution in [0.2, 0.25) is 0 Å². The first-order chi connectivity index (χ1) is 9.35. The molecule has 0 aromatic carbocycles. The highest BCUT2D eigenvalue weighted by Gasteiger charge is 2.23. The fourth-order valence-corrected chi connectivity index (χ4v) is 3.47. The fraction of sp³-hybridized carbons (Fsp3) is 0.857. The maximum atomic E-state index is 5.46. The van der Waals surface area contributed by atoms with Crippen LogP contribution in [0.25, 0.3) is 0 Å². The van der Waals surface area contributed by atoms with Gasteiger partial charge in [0.05, 0.1) is 10.6 Å². The summed E-state index contributed by atoms with van der Waals surface area (Å²) in [5.41, 5.74) is 1.17. The van der Waals surface area contributed by atoms with E-state index in [1.807, 2.05) is 0 Å². The molecule has 0 bridgehead atoms. The van der Waals surface area contributed by atoms with Crippen LogP contribution in [0.4, 0.5) is 0 Å². The highest BCUT2D eigenvalue weighted by Crippen LogP contribution is 2.30. The molecule has 2 heterocycles. The molecule has 1 aliphatic heterocycles. The lowest BCUT2D eigenvalue weighted by Gasteiger charge is -2.27. The summed E-state index contributed by atoms with van der Waals surface area (Å²) in [6.07, 6.45) is 5.72. The van der Waals surface area contributed by atoms with Crippen molar-refractivity contribution in [3.8, 4) is 0 Å². The lowest BCUT2D eigenvalue weighted by atomic mass is 9.91. The van der Waals surface area contributed by atoms with Gasteiger partial charge in [0.2, 0.25) is 0 Å². The van der Waals surface area contributed by atoms with Crippen molar-refractivity contribution >= 4 is 11.5 Å². The fourth-order valence-electron chi connectivity index (χ4n) is 2.64. The highest BCUT2D eigenvalue weighted by atomic mass is 32.1. The van der Waals surface area contributed by atoms with Crippen molar-refractivity contribution in [2.24, 2.45) is 5.92 Å². The van der Waals surface area contributed by atoms with E-state index in [1.165, 1.54) is 29.8 Å². The molecule has 1 fully saturated rings. The number of rotatable bonds is 7. The number of nitrogens with zero attached hydrogens (tertiary/aromatic N) is 2. The van der Waals surface area contributed by atoms with E-state index in [4.69, 9.17) is 4.74 Å². The molecule has 1 aromatic rings. The van der Waals surface area contributed by atoms with Crippen LogP contribution < -0.4 is 5.32 Å². The first-order valence-corrected chi connectivity index (χ1v) is 8.24. The third kappa shape index (κ3) is 4.23. The Kier molecular flexibility index (Phi) is 6.20. The third-order valence-electron chi connectivity index (χ3n) is 3.79. The monoisotopic (exact) mass is 283 g/mol. The number of hydrogen-bond acceptors (Lipinski definition) is 5. The molecule has 0 spiro atoms. The Morgan fingerprint density at radius 1 is 1.37 bits per heavy atom. The van der Waals surface area contributed by atoms with Gasteiger partial charge < -0.3 is 10.1 Å². The lowest BCUT2D eigenvalue weighted by molar-refractivity contribution is 0.0606. The topological polar surface area (TPSA) is 47.0 Å². The molecule has 1 aromatic heterocycles. The van der Waals surface area contributed by atoms with Crippen LogP contribution in [0, 0.1) is 5.92 Å². The van der Waals surface area contributed by atoms with Crippen LogP contribution in [0.5, 0.6) is 0 Å². The van der Waals surface area contributed by atoms with Crippen LogP contribution in [-0.4, -0.2) is 29.3 Å². The molecule has 4 nitrogen and oxygen atoms in total. The summed E-state index contributed by atoms with van der Waals surface area (Å²) in [5, 5.41) is 7.94. The Balaban J connectivity index is 2.01. The van der Waals surface area contributed by atoms with Crippen molar-refractivity contribution < 1.29 is 4.74 Å². The largest absolute Gasteiger partial charge is 0.381 e. The number of ether oxygens (including phenoxy) is 1. The molecule has 5 heteroatoms. The van der Waals surface area contributed by atoms with E-state index in [0.717, 1.165) is 38.5 Å². The van der Waals surface area contributed by atoms with Crippen LogP contribution in [0.3, 0.4) is 0 Å². The van der Waals surface area contributed by atoms with Crippen LogP contribution in [0.1, 0.15) is 56.1 Å². The zero-order valence-corrected chi connectivity index (χ0v) is 12.8. The summed E-state index contributed by atoms with van der Waals surface area (Å²) in [7, 11) is 0. The molecule has 19 heavy (non-hydrogen) atoms. The summed E-state index contributed by atoms with van der Waals surface area (Å²) < 4.78 is 9.60. The summed E-state index contributed by atoms with van der Waals surface area (Å²) in [6.45, 7) is 7.28. The standard InChI is InChI=1S/C14H25N3OS/c1-3-7-15-13(10-11-5-8-18-9-6-11)14-12(4-2)16-17-19-14/h11,13,15H,3-10H2,1-2H3.